The minimum absolute atomic E-state index is 0. The molecule has 1 atom stereocenters. The van der Waals surface area contributed by atoms with Gasteiger partial charge in [0.05, 0.1) is 36.5 Å². The van der Waals surface area contributed by atoms with E-state index in [2.05, 4.69) is 51.5 Å². The van der Waals surface area contributed by atoms with E-state index in [0.29, 0.717) is 6.04 Å². The van der Waals surface area contributed by atoms with Crippen molar-refractivity contribution in [1.29, 1.82) is 0 Å². The monoisotopic (exact) mass is 535 g/mol. The van der Waals surface area contributed by atoms with Gasteiger partial charge < -0.3 is 15.4 Å². The number of nitrogens with zero attached hydrogens (tertiary/aromatic N) is 3. The Morgan fingerprint density at radius 1 is 1.21 bits per heavy atom. The molecule has 2 N–H and O–H groups in total. The second-order valence-corrected chi connectivity index (χ2v) is 9.27. The fraction of sp³-hybridized carbons (Fsp3) is 0.579. The zero-order valence-corrected chi connectivity index (χ0v) is 20.9. The lowest BCUT2D eigenvalue weighted by Crippen LogP contribution is -2.46. The summed E-state index contributed by atoms with van der Waals surface area (Å²) in [5.74, 6) is 0.826. The number of nitrogens with one attached hydrogen (secondary N) is 2. The summed E-state index contributed by atoms with van der Waals surface area (Å²) in [5, 5.41) is 8.05. The molecule has 0 aromatic carbocycles. The lowest BCUT2D eigenvalue weighted by atomic mass is 10.2. The van der Waals surface area contributed by atoms with Crippen molar-refractivity contribution >= 4 is 52.6 Å². The summed E-state index contributed by atoms with van der Waals surface area (Å²) in [6.45, 7) is 11.4. The van der Waals surface area contributed by atoms with Crippen LogP contribution in [0.15, 0.2) is 17.1 Å². The number of thiazole rings is 1. The molecule has 28 heavy (non-hydrogen) atoms. The van der Waals surface area contributed by atoms with Gasteiger partial charge in [-0.1, -0.05) is 0 Å². The lowest BCUT2D eigenvalue weighted by molar-refractivity contribution is 0.0177. The van der Waals surface area contributed by atoms with Crippen LogP contribution in [0.4, 0.5) is 0 Å². The predicted octanol–water partition coefficient (Wildman–Crippen LogP) is 3.49. The molecule has 9 heteroatoms. The first kappa shape index (κ1) is 23.5. The van der Waals surface area contributed by atoms with Gasteiger partial charge >= 0.3 is 0 Å². The maximum atomic E-state index is 5.54. The Morgan fingerprint density at radius 3 is 2.54 bits per heavy atom. The Bertz CT molecular complexity index is 770. The minimum atomic E-state index is 0. The molecule has 2 aromatic heterocycles. The summed E-state index contributed by atoms with van der Waals surface area (Å²) >= 11 is 3.61. The SMILES string of the molecule is CN=C(NCc1sc(C)nc1C)NCC(c1ccc(C)s1)N1CCOCC1.I. The zero-order chi connectivity index (χ0) is 19.2. The molecule has 0 saturated carbocycles. The van der Waals surface area contributed by atoms with Gasteiger partial charge in [0.15, 0.2) is 5.96 Å². The smallest absolute Gasteiger partial charge is 0.191 e. The van der Waals surface area contributed by atoms with Crippen LogP contribution in [0.5, 0.6) is 0 Å². The van der Waals surface area contributed by atoms with Gasteiger partial charge in [0.25, 0.3) is 0 Å². The molecule has 0 bridgehead atoms. The highest BCUT2D eigenvalue weighted by Gasteiger charge is 2.24. The molecule has 1 aliphatic rings. The van der Waals surface area contributed by atoms with E-state index in [9.17, 15) is 0 Å². The highest BCUT2D eigenvalue weighted by atomic mass is 127. The van der Waals surface area contributed by atoms with Crippen LogP contribution in [-0.2, 0) is 11.3 Å². The maximum absolute atomic E-state index is 5.54. The van der Waals surface area contributed by atoms with Crippen LogP contribution in [0.3, 0.4) is 0 Å². The Kier molecular flexibility index (Phi) is 9.61. The number of hydrogen-bond acceptors (Lipinski definition) is 6. The van der Waals surface area contributed by atoms with Crippen molar-refractivity contribution in [3.8, 4) is 0 Å². The van der Waals surface area contributed by atoms with Crippen molar-refractivity contribution in [3.63, 3.8) is 0 Å². The standard InChI is InChI=1S/C19H29N5OS2.HI/c1-13-5-6-17(26-13)16(24-7-9-25-10-8-24)11-21-19(20-4)22-12-18-14(2)23-15(3)27-18;/h5-6,16H,7-12H2,1-4H3,(H2,20,21,22);1H. The number of halogens is 1. The molecule has 1 saturated heterocycles. The van der Waals surface area contributed by atoms with Crippen molar-refractivity contribution in [1.82, 2.24) is 20.5 Å². The predicted molar refractivity (Wildman–Crippen MR) is 129 cm³/mol. The number of aryl methyl sites for hydroxylation is 3. The van der Waals surface area contributed by atoms with E-state index in [1.54, 1.807) is 11.3 Å². The largest absolute Gasteiger partial charge is 0.379 e. The highest BCUT2D eigenvalue weighted by molar-refractivity contribution is 14.0. The number of hydrogen-bond donors (Lipinski definition) is 2. The Labute approximate surface area is 192 Å². The van der Waals surface area contributed by atoms with Crippen LogP contribution in [0.2, 0.25) is 0 Å². The first-order valence-electron chi connectivity index (χ1n) is 9.32. The number of thiophene rings is 1. The molecule has 3 heterocycles. The minimum Gasteiger partial charge on any atom is -0.379 e. The van der Waals surface area contributed by atoms with Crippen LogP contribution in [0.25, 0.3) is 0 Å². The number of rotatable bonds is 6. The van der Waals surface area contributed by atoms with Crippen molar-refractivity contribution in [2.75, 3.05) is 39.9 Å². The first-order valence-corrected chi connectivity index (χ1v) is 11.0. The Morgan fingerprint density at radius 2 is 1.96 bits per heavy atom. The van der Waals surface area contributed by atoms with Crippen LogP contribution < -0.4 is 10.6 Å². The van der Waals surface area contributed by atoms with Gasteiger partial charge in [0.2, 0.25) is 0 Å². The third kappa shape index (κ3) is 6.38. The summed E-state index contributed by atoms with van der Waals surface area (Å²) in [7, 11) is 1.82. The molecule has 3 rings (SSSR count). The van der Waals surface area contributed by atoms with Crippen molar-refractivity contribution in [3.05, 3.63) is 37.5 Å². The van der Waals surface area contributed by atoms with Gasteiger partial charge in [-0.15, -0.1) is 46.7 Å². The molecule has 0 spiro atoms. The van der Waals surface area contributed by atoms with Crippen LogP contribution in [-0.4, -0.2) is 55.7 Å². The summed E-state index contributed by atoms with van der Waals surface area (Å²) in [6.07, 6.45) is 0. The second kappa shape index (κ2) is 11.4. The molecule has 1 fully saturated rings. The van der Waals surface area contributed by atoms with E-state index in [4.69, 9.17) is 4.74 Å². The number of aromatic nitrogens is 1. The van der Waals surface area contributed by atoms with Gasteiger partial charge in [-0.2, -0.15) is 0 Å². The van der Waals surface area contributed by atoms with Gasteiger partial charge in [0.1, 0.15) is 0 Å². The third-order valence-electron chi connectivity index (χ3n) is 4.68. The average molecular weight is 536 g/mol. The molecular weight excluding hydrogens is 505 g/mol. The number of aliphatic imine (C=N–C) groups is 1. The molecule has 2 aromatic rings. The number of morpholine rings is 1. The van der Waals surface area contributed by atoms with E-state index in [0.717, 1.165) is 56.1 Å². The van der Waals surface area contributed by atoms with Gasteiger partial charge in [-0.05, 0) is 32.9 Å². The van der Waals surface area contributed by atoms with E-state index in [1.807, 2.05) is 25.3 Å². The number of guanidine groups is 1. The molecule has 0 radical (unpaired) electrons. The van der Waals surface area contributed by atoms with E-state index in [-0.39, 0.29) is 24.0 Å². The Hall–Kier alpha value is -0.750. The molecule has 1 unspecified atom stereocenters. The van der Waals surface area contributed by atoms with Crippen LogP contribution >= 0.6 is 46.7 Å². The molecule has 156 valence electrons. The van der Waals surface area contributed by atoms with Crippen molar-refractivity contribution in [2.45, 2.75) is 33.4 Å². The molecular formula is C19H30IN5OS2. The topological polar surface area (TPSA) is 61.8 Å². The fourth-order valence-corrected chi connectivity index (χ4v) is 5.14. The van der Waals surface area contributed by atoms with Gasteiger partial charge in [0, 0.05) is 41.3 Å². The maximum Gasteiger partial charge on any atom is 0.191 e. The van der Waals surface area contributed by atoms with E-state index >= 15 is 0 Å². The molecule has 1 aliphatic heterocycles. The van der Waals surface area contributed by atoms with Crippen LogP contribution in [0.1, 0.15) is 31.4 Å². The van der Waals surface area contributed by atoms with Crippen molar-refractivity contribution < 1.29 is 4.74 Å². The summed E-state index contributed by atoms with van der Waals surface area (Å²) in [6, 6.07) is 4.79. The quantitative estimate of drug-likeness (QED) is 0.337. The summed E-state index contributed by atoms with van der Waals surface area (Å²) < 4.78 is 5.54. The Balaban J connectivity index is 0.00000280. The summed E-state index contributed by atoms with van der Waals surface area (Å²) in [4.78, 5) is 15.4. The third-order valence-corrected chi connectivity index (χ3v) is 6.85. The first-order chi connectivity index (χ1) is 13.1. The molecule has 0 aliphatic carbocycles. The number of ether oxygens (including phenoxy) is 1. The zero-order valence-electron chi connectivity index (χ0n) is 16.9. The highest BCUT2D eigenvalue weighted by Crippen LogP contribution is 2.27. The fourth-order valence-electron chi connectivity index (χ4n) is 3.25. The van der Waals surface area contributed by atoms with E-state index < -0.39 is 0 Å². The summed E-state index contributed by atoms with van der Waals surface area (Å²) in [5.41, 5.74) is 1.10. The average Bonchev–Trinajstić information content (AvgIpc) is 3.23. The van der Waals surface area contributed by atoms with E-state index in [1.165, 1.54) is 14.6 Å². The van der Waals surface area contributed by atoms with Crippen LogP contribution in [0, 0.1) is 20.8 Å². The van der Waals surface area contributed by atoms with Crippen molar-refractivity contribution in [2.24, 2.45) is 4.99 Å². The van der Waals surface area contributed by atoms with Gasteiger partial charge in [-0.25, -0.2) is 4.98 Å². The molecule has 6 nitrogen and oxygen atoms in total. The second-order valence-electron chi connectivity index (χ2n) is 6.66. The van der Waals surface area contributed by atoms with Gasteiger partial charge in [-0.3, -0.25) is 9.89 Å². The molecule has 0 amide bonds. The lowest BCUT2D eigenvalue weighted by Gasteiger charge is -2.34. The normalized spacial score (nSPS) is 16.5.